The van der Waals surface area contributed by atoms with Crippen molar-refractivity contribution >= 4 is 0 Å². The smallest absolute Gasteiger partial charge is 0.416 e. The number of aliphatic hydroxyl groups excluding tert-OH is 1. The van der Waals surface area contributed by atoms with Crippen LogP contribution in [0.4, 0.5) is 13.2 Å². The van der Waals surface area contributed by atoms with Crippen LogP contribution in [0.3, 0.4) is 0 Å². The number of aryl methyl sites for hydroxylation is 1. The van der Waals surface area contributed by atoms with Gasteiger partial charge in [-0.15, -0.1) is 0 Å². The van der Waals surface area contributed by atoms with Gasteiger partial charge in [-0.2, -0.15) is 13.2 Å². The zero-order valence-electron chi connectivity index (χ0n) is 17.8. The van der Waals surface area contributed by atoms with Crippen LogP contribution in [0, 0.1) is 0 Å². The number of aliphatic hydroxyl groups is 1. The van der Waals surface area contributed by atoms with E-state index in [0.29, 0.717) is 22.6 Å². The fraction of sp³-hybridized carbons (Fsp3) is 0.320. The number of pyridine rings is 1. The van der Waals surface area contributed by atoms with Crippen molar-refractivity contribution in [2.24, 2.45) is 0 Å². The molecule has 31 heavy (non-hydrogen) atoms. The van der Waals surface area contributed by atoms with E-state index in [4.69, 9.17) is 4.74 Å². The van der Waals surface area contributed by atoms with Crippen LogP contribution in [0.5, 0.6) is 5.75 Å². The molecule has 164 valence electrons. The number of benzene rings is 2. The number of aromatic nitrogens is 1. The van der Waals surface area contributed by atoms with Crippen LogP contribution in [0.25, 0.3) is 11.1 Å². The van der Waals surface area contributed by atoms with Crippen molar-refractivity contribution < 1.29 is 23.0 Å². The zero-order chi connectivity index (χ0) is 22.6. The second-order valence-electron chi connectivity index (χ2n) is 7.76. The number of ether oxygens (including phenoxy) is 1. The third-order valence-electron chi connectivity index (χ3n) is 5.32. The van der Waals surface area contributed by atoms with Gasteiger partial charge < -0.3 is 9.84 Å². The molecule has 3 nitrogen and oxygen atoms in total. The Bertz CT molecular complexity index is 1020. The molecule has 1 N–H and O–H groups in total. The molecule has 2 aromatic carbocycles. The Morgan fingerprint density at radius 3 is 2.32 bits per heavy atom. The quantitative estimate of drug-likeness (QED) is 0.462. The molecule has 1 atom stereocenters. The summed E-state index contributed by atoms with van der Waals surface area (Å²) < 4.78 is 47.0. The molecule has 0 fully saturated rings. The van der Waals surface area contributed by atoms with Crippen LogP contribution in [-0.4, -0.2) is 17.2 Å². The Kier molecular flexibility index (Phi) is 7.01. The van der Waals surface area contributed by atoms with Crippen LogP contribution in [0.1, 0.15) is 54.7 Å². The van der Waals surface area contributed by atoms with E-state index in [-0.39, 0.29) is 24.3 Å². The maximum absolute atomic E-state index is 13.8. The van der Waals surface area contributed by atoms with Crippen molar-refractivity contribution in [1.29, 1.82) is 0 Å². The minimum atomic E-state index is -4.47. The number of hydrogen-bond donors (Lipinski definition) is 1. The predicted molar refractivity (Wildman–Crippen MR) is 115 cm³/mol. The second kappa shape index (κ2) is 9.52. The van der Waals surface area contributed by atoms with E-state index in [1.807, 2.05) is 18.2 Å². The van der Waals surface area contributed by atoms with Gasteiger partial charge in [0.2, 0.25) is 0 Å². The van der Waals surface area contributed by atoms with Gasteiger partial charge in [0.05, 0.1) is 24.5 Å². The predicted octanol–water partition coefficient (Wildman–Crippen LogP) is 6.57. The Labute approximate surface area is 180 Å². The van der Waals surface area contributed by atoms with Gasteiger partial charge in [-0.1, -0.05) is 38.1 Å². The molecule has 3 rings (SSSR count). The van der Waals surface area contributed by atoms with Crippen molar-refractivity contribution in [2.45, 2.75) is 44.9 Å². The zero-order valence-corrected chi connectivity index (χ0v) is 17.8. The highest BCUT2D eigenvalue weighted by atomic mass is 19.4. The average Bonchev–Trinajstić information content (AvgIpc) is 2.76. The largest absolute Gasteiger partial charge is 0.496 e. The Hall–Kier alpha value is -2.86. The number of alkyl halides is 3. The molecule has 6 heteroatoms. The van der Waals surface area contributed by atoms with Gasteiger partial charge in [0.25, 0.3) is 0 Å². The monoisotopic (exact) mass is 429 g/mol. The summed E-state index contributed by atoms with van der Waals surface area (Å²) in [6, 6.07) is 15.3. The van der Waals surface area contributed by atoms with E-state index >= 15 is 0 Å². The van der Waals surface area contributed by atoms with E-state index in [2.05, 4.69) is 4.98 Å². The summed E-state index contributed by atoms with van der Waals surface area (Å²) in [5.74, 6) is 0.279. The van der Waals surface area contributed by atoms with E-state index in [0.717, 1.165) is 5.56 Å². The molecule has 0 amide bonds. The molecule has 0 spiro atoms. The van der Waals surface area contributed by atoms with Gasteiger partial charge in [0.1, 0.15) is 5.75 Å². The van der Waals surface area contributed by atoms with E-state index in [1.54, 1.807) is 50.4 Å². The Morgan fingerprint density at radius 2 is 1.71 bits per heavy atom. The van der Waals surface area contributed by atoms with Crippen LogP contribution in [0.15, 0.2) is 60.8 Å². The molecule has 0 saturated carbocycles. The first-order valence-electron chi connectivity index (χ1n) is 10.2. The van der Waals surface area contributed by atoms with Gasteiger partial charge in [-0.3, -0.25) is 4.98 Å². The first-order valence-corrected chi connectivity index (χ1v) is 10.2. The summed E-state index contributed by atoms with van der Waals surface area (Å²) in [7, 11) is 1.54. The Balaban J connectivity index is 2.10. The van der Waals surface area contributed by atoms with Crippen molar-refractivity contribution in [3.63, 3.8) is 0 Å². The molecular formula is C25H26F3NO2. The topological polar surface area (TPSA) is 42.4 Å². The molecular weight excluding hydrogens is 403 g/mol. The summed E-state index contributed by atoms with van der Waals surface area (Å²) in [6.45, 7) is 3.50. The standard InChI is InChI=1S/C25H26F3NO2/c1-16(2)19-15-20(18-8-4-5-10-24(18)31-3)17(14-21(19)25(26,27)28)11-12-23(30)22-9-6-7-13-29-22/h4-10,13-16,23,30H,11-12H2,1-3H3. The normalized spacial score (nSPS) is 12.8. The molecule has 1 unspecified atom stereocenters. The first-order chi connectivity index (χ1) is 14.7. The second-order valence-corrected chi connectivity index (χ2v) is 7.76. The molecule has 1 heterocycles. The number of rotatable bonds is 7. The van der Waals surface area contributed by atoms with Crippen LogP contribution in [0.2, 0.25) is 0 Å². The van der Waals surface area contributed by atoms with Crippen LogP contribution < -0.4 is 4.74 Å². The molecule has 0 saturated heterocycles. The fourth-order valence-electron chi connectivity index (χ4n) is 3.72. The van der Waals surface area contributed by atoms with E-state index in [9.17, 15) is 18.3 Å². The molecule has 0 aliphatic rings. The highest BCUT2D eigenvalue weighted by Gasteiger charge is 2.35. The van der Waals surface area contributed by atoms with Crippen LogP contribution >= 0.6 is 0 Å². The highest BCUT2D eigenvalue weighted by molar-refractivity contribution is 5.75. The maximum atomic E-state index is 13.8. The minimum Gasteiger partial charge on any atom is -0.496 e. The average molecular weight is 429 g/mol. The summed E-state index contributed by atoms with van der Waals surface area (Å²) in [5, 5.41) is 10.5. The SMILES string of the molecule is COc1ccccc1-c1cc(C(C)C)c(C(F)(F)F)cc1CCC(O)c1ccccn1. The van der Waals surface area contributed by atoms with Crippen LogP contribution in [-0.2, 0) is 12.6 Å². The lowest BCUT2D eigenvalue weighted by atomic mass is 9.86. The Morgan fingerprint density at radius 1 is 1.00 bits per heavy atom. The number of nitrogens with zero attached hydrogens (tertiary/aromatic N) is 1. The lowest BCUT2D eigenvalue weighted by Crippen LogP contribution is -2.12. The number of halogens is 3. The van der Waals surface area contributed by atoms with Gasteiger partial charge in [-0.25, -0.2) is 0 Å². The number of para-hydroxylation sites is 1. The summed E-state index contributed by atoms with van der Waals surface area (Å²) >= 11 is 0. The molecule has 0 aliphatic heterocycles. The fourth-order valence-corrected chi connectivity index (χ4v) is 3.72. The van der Waals surface area contributed by atoms with Gasteiger partial charge in [0.15, 0.2) is 0 Å². The maximum Gasteiger partial charge on any atom is 0.416 e. The number of methoxy groups -OCH3 is 1. The molecule has 1 aromatic heterocycles. The molecule has 0 radical (unpaired) electrons. The van der Waals surface area contributed by atoms with Crippen molar-refractivity contribution in [3.8, 4) is 16.9 Å². The lowest BCUT2D eigenvalue weighted by molar-refractivity contribution is -0.138. The third kappa shape index (κ3) is 5.25. The minimum absolute atomic E-state index is 0.238. The number of hydrogen-bond acceptors (Lipinski definition) is 3. The lowest BCUT2D eigenvalue weighted by Gasteiger charge is -2.22. The highest BCUT2D eigenvalue weighted by Crippen LogP contribution is 2.42. The van der Waals surface area contributed by atoms with Gasteiger partial charge in [-0.05, 0) is 65.8 Å². The van der Waals surface area contributed by atoms with Gasteiger partial charge in [0, 0.05) is 11.8 Å². The first kappa shape index (κ1) is 22.8. The molecule has 0 bridgehead atoms. The van der Waals surface area contributed by atoms with E-state index < -0.39 is 17.8 Å². The molecule has 0 aliphatic carbocycles. The summed E-state index contributed by atoms with van der Waals surface area (Å²) in [4.78, 5) is 4.14. The van der Waals surface area contributed by atoms with Gasteiger partial charge >= 0.3 is 6.18 Å². The van der Waals surface area contributed by atoms with Crippen molar-refractivity contribution in [2.75, 3.05) is 7.11 Å². The summed E-state index contributed by atoms with van der Waals surface area (Å²) in [5.41, 5.74) is 2.02. The van der Waals surface area contributed by atoms with Crippen molar-refractivity contribution in [3.05, 3.63) is 83.2 Å². The van der Waals surface area contributed by atoms with Crippen molar-refractivity contribution in [1.82, 2.24) is 4.98 Å². The third-order valence-corrected chi connectivity index (χ3v) is 5.32. The summed E-state index contributed by atoms with van der Waals surface area (Å²) in [6.07, 6.45) is -3.25. The molecule has 3 aromatic rings. The van der Waals surface area contributed by atoms with E-state index in [1.165, 1.54) is 13.2 Å².